The van der Waals surface area contributed by atoms with E-state index in [1.54, 1.807) is 11.0 Å². The standard InChI is InChI=1S/C27H33F2NO5S/c1-5-36(32,33)17-21-22(28)15-20(16-23(21)29)18-6-7-24-19(14-18)8-9-27(34-24)10-12-30(13-11-27)25(31)35-26(2,3)4/h6-7,14-16H,5,8-13,17H2,1-4H3. The number of carbonyl (C=O) groups excluding carboxylic acids is 1. The van der Waals surface area contributed by atoms with E-state index in [2.05, 4.69) is 0 Å². The molecular formula is C27H33F2NO5S. The summed E-state index contributed by atoms with van der Waals surface area (Å²) in [6.45, 7) is 8.10. The average molecular weight is 522 g/mol. The average Bonchev–Trinajstić information content (AvgIpc) is 2.80. The maximum Gasteiger partial charge on any atom is 0.410 e. The number of ether oxygens (including phenoxy) is 2. The molecule has 2 aliphatic heterocycles. The van der Waals surface area contributed by atoms with Gasteiger partial charge in [-0.05, 0) is 74.6 Å². The summed E-state index contributed by atoms with van der Waals surface area (Å²) in [5.74, 6) is -1.84. The van der Waals surface area contributed by atoms with Gasteiger partial charge < -0.3 is 14.4 Å². The largest absolute Gasteiger partial charge is 0.487 e. The van der Waals surface area contributed by atoms with Crippen molar-refractivity contribution in [2.24, 2.45) is 0 Å². The Morgan fingerprint density at radius 1 is 1.06 bits per heavy atom. The van der Waals surface area contributed by atoms with Gasteiger partial charge in [-0.2, -0.15) is 0 Å². The van der Waals surface area contributed by atoms with Gasteiger partial charge in [0.05, 0.1) is 5.75 Å². The van der Waals surface area contributed by atoms with Crippen LogP contribution in [0.15, 0.2) is 30.3 Å². The van der Waals surface area contributed by atoms with Gasteiger partial charge in [0.1, 0.15) is 28.6 Å². The molecule has 4 rings (SSSR count). The third-order valence-corrected chi connectivity index (χ3v) is 8.45. The molecule has 6 nitrogen and oxygen atoms in total. The molecule has 2 aromatic rings. The van der Waals surface area contributed by atoms with E-state index in [9.17, 15) is 22.0 Å². The van der Waals surface area contributed by atoms with E-state index in [-0.39, 0.29) is 17.4 Å². The number of piperidine rings is 1. The molecule has 0 atom stereocenters. The van der Waals surface area contributed by atoms with E-state index in [4.69, 9.17) is 9.47 Å². The minimum atomic E-state index is -3.56. The van der Waals surface area contributed by atoms with Gasteiger partial charge in [0, 0.05) is 37.2 Å². The molecule has 0 unspecified atom stereocenters. The number of hydrogen-bond donors (Lipinski definition) is 0. The van der Waals surface area contributed by atoms with Crippen molar-refractivity contribution in [1.29, 1.82) is 0 Å². The molecule has 36 heavy (non-hydrogen) atoms. The number of sulfone groups is 1. The second-order valence-electron chi connectivity index (χ2n) is 10.7. The Kier molecular flexibility index (Phi) is 7.07. The molecule has 196 valence electrons. The van der Waals surface area contributed by atoms with Crippen molar-refractivity contribution in [2.75, 3.05) is 18.8 Å². The van der Waals surface area contributed by atoms with Gasteiger partial charge in [-0.3, -0.25) is 0 Å². The van der Waals surface area contributed by atoms with Crippen molar-refractivity contribution in [3.05, 3.63) is 53.1 Å². The maximum atomic E-state index is 14.7. The first kappa shape index (κ1) is 26.4. The van der Waals surface area contributed by atoms with Crippen molar-refractivity contribution < 1.29 is 31.5 Å². The Labute approximate surface area is 211 Å². The van der Waals surface area contributed by atoms with Crippen LogP contribution in [0.2, 0.25) is 0 Å². The Morgan fingerprint density at radius 2 is 1.69 bits per heavy atom. The van der Waals surface area contributed by atoms with Crippen LogP contribution in [0, 0.1) is 11.6 Å². The van der Waals surface area contributed by atoms with E-state index in [0.29, 0.717) is 37.1 Å². The number of amides is 1. The SMILES string of the molecule is CCS(=O)(=O)Cc1c(F)cc(-c2ccc3c(c2)CCC2(CCN(C(=O)OC(C)(C)C)CC2)O3)cc1F. The Hall–Kier alpha value is -2.68. The molecule has 2 aliphatic rings. The van der Waals surface area contributed by atoms with Gasteiger partial charge in [0.2, 0.25) is 0 Å². The lowest BCUT2D eigenvalue weighted by molar-refractivity contribution is -0.0272. The molecule has 1 fully saturated rings. The number of fused-ring (bicyclic) bond motifs is 1. The highest BCUT2D eigenvalue weighted by Crippen LogP contribution is 2.41. The van der Waals surface area contributed by atoms with Crippen LogP contribution in [0.4, 0.5) is 13.6 Å². The highest BCUT2D eigenvalue weighted by atomic mass is 32.2. The van der Waals surface area contributed by atoms with Crippen LogP contribution in [-0.2, 0) is 26.7 Å². The topological polar surface area (TPSA) is 72.9 Å². The lowest BCUT2D eigenvalue weighted by Crippen LogP contribution is -2.52. The molecule has 1 spiro atoms. The van der Waals surface area contributed by atoms with E-state index in [1.165, 1.54) is 19.1 Å². The van der Waals surface area contributed by atoms with Gasteiger partial charge in [0.15, 0.2) is 9.84 Å². The minimum Gasteiger partial charge on any atom is -0.487 e. The smallest absolute Gasteiger partial charge is 0.410 e. The normalized spacial score (nSPS) is 17.4. The molecule has 0 radical (unpaired) electrons. The number of aryl methyl sites for hydroxylation is 1. The van der Waals surface area contributed by atoms with E-state index in [0.717, 1.165) is 24.2 Å². The van der Waals surface area contributed by atoms with Gasteiger partial charge in [-0.1, -0.05) is 13.0 Å². The molecule has 9 heteroatoms. The molecular weight excluding hydrogens is 488 g/mol. The fraction of sp³-hybridized carbons (Fsp3) is 0.519. The van der Waals surface area contributed by atoms with Crippen molar-refractivity contribution in [3.8, 4) is 16.9 Å². The third-order valence-electron chi connectivity index (χ3n) is 6.84. The summed E-state index contributed by atoms with van der Waals surface area (Å²) in [4.78, 5) is 14.1. The number of benzene rings is 2. The summed E-state index contributed by atoms with van der Waals surface area (Å²) in [7, 11) is -3.56. The minimum absolute atomic E-state index is 0.182. The summed E-state index contributed by atoms with van der Waals surface area (Å²) in [6, 6.07) is 7.81. The second-order valence-corrected chi connectivity index (χ2v) is 13.0. The number of rotatable bonds is 4. The molecule has 1 amide bonds. The fourth-order valence-electron chi connectivity index (χ4n) is 4.71. The number of carbonyl (C=O) groups is 1. The summed E-state index contributed by atoms with van der Waals surface area (Å²) in [5, 5.41) is 0. The van der Waals surface area contributed by atoms with Crippen LogP contribution in [-0.4, -0.2) is 49.5 Å². The highest BCUT2D eigenvalue weighted by Gasteiger charge is 2.41. The molecule has 1 saturated heterocycles. The second kappa shape index (κ2) is 9.65. The molecule has 0 aliphatic carbocycles. The fourth-order valence-corrected chi connectivity index (χ4v) is 5.63. The maximum absolute atomic E-state index is 14.7. The number of nitrogens with zero attached hydrogens (tertiary/aromatic N) is 1. The Morgan fingerprint density at radius 3 is 2.28 bits per heavy atom. The number of likely N-dealkylation sites (tertiary alicyclic amines) is 1. The van der Waals surface area contributed by atoms with Crippen LogP contribution < -0.4 is 4.74 Å². The van der Waals surface area contributed by atoms with Gasteiger partial charge >= 0.3 is 6.09 Å². The third kappa shape index (κ3) is 5.82. The zero-order valence-electron chi connectivity index (χ0n) is 21.2. The van der Waals surface area contributed by atoms with E-state index < -0.39 is 38.4 Å². The zero-order chi connectivity index (χ0) is 26.3. The summed E-state index contributed by atoms with van der Waals surface area (Å²) < 4.78 is 64.9. The highest BCUT2D eigenvalue weighted by molar-refractivity contribution is 7.90. The van der Waals surface area contributed by atoms with Crippen LogP contribution >= 0.6 is 0 Å². The first-order valence-electron chi connectivity index (χ1n) is 12.3. The molecule has 0 aromatic heterocycles. The Bertz CT molecular complexity index is 1240. The lowest BCUT2D eigenvalue weighted by Gasteiger charge is -2.44. The summed E-state index contributed by atoms with van der Waals surface area (Å²) >= 11 is 0. The molecule has 0 N–H and O–H groups in total. The number of hydrogen-bond acceptors (Lipinski definition) is 5. The zero-order valence-corrected chi connectivity index (χ0v) is 22.0. The van der Waals surface area contributed by atoms with E-state index in [1.807, 2.05) is 32.9 Å². The van der Waals surface area contributed by atoms with Crippen molar-refractivity contribution in [2.45, 2.75) is 70.3 Å². The molecule has 0 saturated carbocycles. The Balaban J connectivity index is 1.47. The van der Waals surface area contributed by atoms with Crippen LogP contribution in [0.1, 0.15) is 58.1 Å². The first-order chi connectivity index (χ1) is 16.8. The monoisotopic (exact) mass is 521 g/mol. The van der Waals surface area contributed by atoms with Crippen LogP contribution in [0.25, 0.3) is 11.1 Å². The summed E-state index contributed by atoms with van der Waals surface area (Å²) in [6.07, 6.45) is 2.61. The van der Waals surface area contributed by atoms with Crippen molar-refractivity contribution in [3.63, 3.8) is 0 Å². The quantitative estimate of drug-likeness (QED) is 0.519. The number of halogens is 2. The predicted molar refractivity (Wildman–Crippen MR) is 134 cm³/mol. The van der Waals surface area contributed by atoms with Gasteiger partial charge in [-0.25, -0.2) is 22.0 Å². The predicted octanol–water partition coefficient (Wildman–Crippen LogP) is 5.66. The van der Waals surface area contributed by atoms with Crippen molar-refractivity contribution >= 4 is 15.9 Å². The van der Waals surface area contributed by atoms with Crippen LogP contribution in [0.5, 0.6) is 5.75 Å². The molecule has 2 heterocycles. The van der Waals surface area contributed by atoms with E-state index >= 15 is 0 Å². The van der Waals surface area contributed by atoms with Crippen molar-refractivity contribution in [1.82, 2.24) is 4.90 Å². The van der Waals surface area contributed by atoms with Crippen LogP contribution in [0.3, 0.4) is 0 Å². The van der Waals surface area contributed by atoms with Gasteiger partial charge in [-0.15, -0.1) is 0 Å². The summed E-state index contributed by atoms with van der Waals surface area (Å²) in [5.41, 5.74) is 0.612. The molecule has 2 aromatic carbocycles. The molecule has 0 bridgehead atoms. The first-order valence-corrected chi connectivity index (χ1v) is 14.1. The van der Waals surface area contributed by atoms with Gasteiger partial charge in [0.25, 0.3) is 0 Å². The lowest BCUT2D eigenvalue weighted by atomic mass is 9.82.